The van der Waals surface area contributed by atoms with Crippen LogP contribution in [0, 0.1) is 5.92 Å². The minimum atomic E-state index is -0.386. The predicted octanol–water partition coefficient (Wildman–Crippen LogP) is 6.13. The molecule has 0 saturated heterocycles. The molecule has 1 heterocycles. The SMILES string of the molecule is CC(C)CC(NC(=O)c1ccc(Cl)cc1Cl)c1nnc(SCC(=O)Nc2ccc(Br)cc2)n1C. The van der Waals surface area contributed by atoms with Crippen molar-refractivity contribution in [1.82, 2.24) is 20.1 Å². The summed E-state index contributed by atoms with van der Waals surface area (Å²) in [4.78, 5) is 25.3. The van der Waals surface area contributed by atoms with Crippen LogP contribution < -0.4 is 10.6 Å². The van der Waals surface area contributed by atoms with Crippen LogP contribution in [0.3, 0.4) is 0 Å². The average molecular weight is 585 g/mol. The van der Waals surface area contributed by atoms with Gasteiger partial charge in [0.1, 0.15) is 0 Å². The van der Waals surface area contributed by atoms with Gasteiger partial charge in [-0.2, -0.15) is 0 Å². The first-order chi connectivity index (χ1) is 16.1. The van der Waals surface area contributed by atoms with Crippen molar-refractivity contribution in [3.63, 3.8) is 0 Å². The normalized spacial score (nSPS) is 12.0. The lowest BCUT2D eigenvalue weighted by molar-refractivity contribution is -0.113. The van der Waals surface area contributed by atoms with Crippen LogP contribution in [0.1, 0.15) is 42.5 Å². The topological polar surface area (TPSA) is 88.9 Å². The van der Waals surface area contributed by atoms with E-state index < -0.39 is 0 Å². The summed E-state index contributed by atoms with van der Waals surface area (Å²) >= 11 is 16.8. The van der Waals surface area contributed by atoms with Crippen LogP contribution in [-0.4, -0.2) is 32.3 Å². The van der Waals surface area contributed by atoms with Crippen molar-refractivity contribution in [2.75, 3.05) is 11.1 Å². The first-order valence-corrected chi connectivity index (χ1v) is 13.0. The maximum Gasteiger partial charge on any atom is 0.253 e. The van der Waals surface area contributed by atoms with Gasteiger partial charge in [-0.15, -0.1) is 10.2 Å². The number of anilines is 1. The summed E-state index contributed by atoms with van der Waals surface area (Å²) < 4.78 is 2.74. The van der Waals surface area contributed by atoms with Crippen LogP contribution >= 0.6 is 50.9 Å². The number of carbonyl (C=O) groups excluding carboxylic acids is 2. The molecule has 0 spiro atoms. The van der Waals surface area contributed by atoms with Gasteiger partial charge in [0.15, 0.2) is 11.0 Å². The lowest BCUT2D eigenvalue weighted by Gasteiger charge is -2.20. The highest BCUT2D eigenvalue weighted by atomic mass is 79.9. The lowest BCUT2D eigenvalue weighted by atomic mass is 10.0. The molecular formula is C23H24BrCl2N5O2S. The summed E-state index contributed by atoms with van der Waals surface area (Å²) in [6, 6.07) is 11.7. The monoisotopic (exact) mass is 583 g/mol. The van der Waals surface area contributed by atoms with Gasteiger partial charge in [-0.05, 0) is 54.8 Å². The van der Waals surface area contributed by atoms with Crippen LogP contribution in [0.5, 0.6) is 0 Å². The third kappa shape index (κ3) is 7.21. The molecule has 2 aromatic carbocycles. The summed E-state index contributed by atoms with van der Waals surface area (Å²) in [5.41, 5.74) is 1.05. The third-order valence-electron chi connectivity index (χ3n) is 4.83. The number of hydrogen-bond acceptors (Lipinski definition) is 5. The molecule has 3 rings (SSSR count). The fraction of sp³-hybridized carbons (Fsp3) is 0.304. The minimum absolute atomic E-state index is 0.152. The zero-order chi connectivity index (χ0) is 24.8. The van der Waals surface area contributed by atoms with E-state index in [-0.39, 0.29) is 34.5 Å². The molecule has 7 nitrogen and oxygen atoms in total. The molecule has 0 bridgehead atoms. The maximum atomic E-state index is 12.9. The number of nitrogens with one attached hydrogen (secondary N) is 2. The number of rotatable bonds is 9. The number of amides is 2. The summed E-state index contributed by atoms with van der Waals surface area (Å²) in [6.07, 6.45) is 0.650. The predicted molar refractivity (Wildman–Crippen MR) is 141 cm³/mol. The summed E-state index contributed by atoms with van der Waals surface area (Å²) in [7, 11) is 1.82. The van der Waals surface area contributed by atoms with Gasteiger partial charge in [0.05, 0.1) is 22.4 Å². The molecule has 0 aliphatic rings. The molecule has 3 aromatic rings. The van der Waals surface area contributed by atoms with Gasteiger partial charge in [0, 0.05) is 22.2 Å². The van der Waals surface area contributed by atoms with Crippen LogP contribution in [0.2, 0.25) is 10.0 Å². The number of hydrogen-bond donors (Lipinski definition) is 2. The van der Waals surface area contributed by atoms with Crippen LogP contribution in [-0.2, 0) is 11.8 Å². The van der Waals surface area contributed by atoms with E-state index in [4.69, 9.17) is 23.2 Å². The highest BCUT2D eigenvalue weighted by molar-refractivity contribution is 9.10. The molecule has 180 valence electrons. The molecule has 1 atom stereocenters. The van der Waals surface area contributed by atoms with Crippen LogP contribution in [0.15, 0.2) is 52.1 Å². The molecule has 1 aromatic heterocycles. The van der Waals surface area contributed by atoms with E-state index >= 15 is 0 Å². The Morgan fingerprint density at radius 3 is 2.47 bits per heavy atom. The van der Waals surface area contributed by atoms with Crippen LogP contribution in [0.4, 0.5) is 5.69 Å². The molecule has 0 aliphatic carbocycles. The van der Waals surface area contributed by atoms with Crippen molar-refractivity contribution >= 4 is 68.4 Å². The lowest BCUT2D eigenvalue weighted by Crippen LogP contribution is -2.31. The van der Waals surface area contributed by atoms with E-state index in [1.54, 1.807) is 16.7 Å². The van der Waals surface area contributed by atoms with Crippen molar-refractivity contribution < 1.29 is 9.59 Å². The molecule has 1 unspecified atom stereocenters. The van der Waals surface area contributed by atoms with Gasteiger partial charge in [0.25, 0.3) is 5.91 Å². The summed E-state index contributed by atoms with van der Waals surface area (Å²) in [5.74, 6) is 0.585. The maximum absolute atomic E-state index is 12.9. The molecular weight excluding hydrogens is 561 g/mol. The Morgan fingerprint density at radius 2 is 1.82 bits per heavy atom. The Hall–Kier alpha value is -2.07. The number of halogens is 3. The standard InChI is InChI=1S/C23H24BrCl2N5O2S/c1-13(2)10-19(28-22(33)17-9-6-15(25)11-18(17)26)21-29-30-23(31(21)3)34-12-20(32)27-16-7-4-14(24)5-8-16/h4-9,11,13,19H,10,12H2,1-3H3,(H,27,32)(H,28,33). The van der Waals surface area contributed by atoms with E-state index in [0.717, 1.165) is 4.47 Å². The second-order valence-electron chi connectivity index (χ2n) is 8.02. The van der Waals surface area contributed by atoms with E-state index in [1.165, 1.54) is 17.8 Å². The number of thioether (sulfide) groups is 1. The Balaban J connectivity index is 1.69. The highest BCUT2D eigenvalue weighted by Gasteiger charge is 2.24. The van der Waals surface area contributed by atoms with Gasteiger partial charge in [-0.25, -0.2) is 0 Å². The third-order valence-corrected chi connectivity index (χ3v) is 6.93. The number of carbonyl (C=O) groups is 2. The summed E-state index contributed by atoms with van der Waals surface area (Å²) in [5, 5.41) is 15.7. The quantitative estimate of drug-likeness (QED) is 0.295. The Labute approximate surface area is 221 Å². The molecule has 0 fully saturated rings. The van der Waals surface area contributed by atoms with Crippen molar-refractivity contribution in [3.05, 3.63) is 68.4 Å². The fourth-order valence-corrected chi connectivity index (χ4v) is 4.70. The molecule has 11 heteroatoms. The number of nitrogens with zero attached hydrogens (tertiary/aromatic N) is 3. The van der Waals surface area contributed by atoms with Gasteiger partial charge >= 0.3 is 0 Å². The van der Waals surface area contributed by atoms with E-state index in [0.29, 0.717) is 33.7 Å². The van der Waals surface area contributed by atoms with Gasteiger partial charge in [-0.1, -0.05) is 64.7 Å². The van der Waals surface area contributed by atoms with E-state index in [1.807, 2.05) is 31.3 Å². The largest absolute Gasteiger partial charge is 0.342 e. The van der Waals surface area contributed by atoms with Crippen molar-refractivity contribution in [2.24, 2.45) is 13.0 Å². The van der Waals surface area contributed by atoms with Crippen molar-refractivity contribution in [2.45, 2.75) is 31.5 Å². The first kappa shape index (κ1) is 26.5. The van der Waals surface area contributed by atoms with Crippen LogP contribution in [0.25, 0.3) is 0 Å². The molecule has 0 saturated carbocycles. The first-order valence-electron chi connectivity index (χ1n) is 10.5. The Bertz CT molecular complexity index is 1170. The minimum Gasteiger partial charge on any atom is -0.342 e. The fourth-order valence-electron chi connectivity index (χ4n) is 3.23. The van der Waals surface area contributed by atoms with Gasteiger partial charge in [0.2, 0.25) is 5.91 Å². The summed E-state index contributed by atoms with van der Waals surface area (Å²) in [6.45, 7) is 4.12. The molecule has 2 amide bonds. The molecule has 34 heavy (non-hydrogen) atoms. The molecule has 0 aliphatic heterocycles. The number of benzene rings is 2. The van der Waals surface area contributed by atoms with Crippen molar-refractivity contribution in [3.8, 4) is 0 Å². The highest BCUT2D eigenvalue weighted by Crippen LogP contribution is 2.26. The van der Waals surface area contributed by atoms with E-state index in [9.17, 15) is 9.59 Å². The van der Waals surface area contributed by atoms with E-state index in [2.05, 4.69) is 50.6 Å². The van der Waals surface area contributed by atoms with Crippen molar-refractivity contribution in [1.29, 1.82) is 0 Å². The molecule has 2 N–H and O–H groups in total. The zero-order valence-electron chi connectivity index (χ0n) is 18.8. The van der Waals surface area contributed by atoms with Gasteiger partial charge in [-0.3, -0.25) is 9.59 Å². The second kappa shape index (κ2) is 12.1. The zero-order valence-corrected chi connectivity index (χ0v) is 22.7. The number of aromatic nitrogens is 3. The smallest absolute Gasteiger partial charge is 0.253 e. The molecule has 0 radical (unpaired) electrons. The second-order valence-corrected chi connectivity index (χ2v) is 10.7. The Kier molecular flexibility index (Phi) is 9.41. The average Bonchev–Trinajstić information content (AvgIpc) is 3.13. The Morgan fingerprint density at radius 1 is 1.12 bits per heavy atom. The van der Waals surface area contributed by atoms with Gasteiger partial charge < -0.3 is 15.2 Å².